The lowest BCUT2D eigenvalue weighted by molar-refractivity contribution is 0.0953. The van der Waals surface area contributed by atoms with Gasteiger partial charge >= 0.3 is 0 Å². The van der Waals surface area contributed by atoms with Gasteiger partial charge in [0.05, 0.1) is 29.7 Å². The summed E-state index contributed by atoms with van der Waals surface area (Å²) >= 11 is 0. The van der Waals surface area contributed by atoms with E-state index in [9.17, 15) is 4.79 Å². The topological polar surface area (TPSA) is 67.2 Å². The summed E-state index contributed by atoms with van der Waals surface area (Å²) in [6, 6.07) is 17.6. The number of aliphatic hydroxyl groups excluding tert-OH is 1. The second-order valence-electron chi connectivity index (χ2n) is 6.09. The van der Waals surface area contributed by atoms with Crippen LogP contribution in [0.5, 0.6) is 0 Å². The number of benzene rings is 2. The van der Waals surface area contributed by atoms with E-state index in [0.29, 0.717) is 12.1 Å². The average Bonchev–Trinajstić information content (AvgIpc) is 3.13. The largest absolute Gasteiger partial charge is 0.392 e. The fourth-order valence-corrected chi connectivity index (χ4v) is 2.92. The van der Waals surface area contributed by atoms with E-state index in [1.165, 1.54) is 0 Å². The van der Waals surface area contributed by atoms with E-state index in [1.54, 1.807) is 6.20 Å². The van der Waals surface area contributed by atoms with Gasteiger partial charge in [-0.2, -0.15) is 5.10 Å². The van der Waals surface area contributed by atoms with Gasteiger partial charge in [0.15, 0.2) is 0 Å². The zero-order chi connectivity index (χ0) is 18.4. The minimum absolute atomic E-state index is 0.0439. The Morgan fingerprint density at radius 2 is 1.77 bits per heavy atom. The van der Waals surface area contributed by atoms with Gasteiger partial charge in [0.2, 0.25) is 0 Å². The first-order valence-corrected chi connectivity index (χ1v) is 8.82. The van der Waals surface area contributed by atoms with Crippen molar-refractivity contribution < 1.29 is 9.90 Å². The zero-order valence-corrected chi connectivity index (χ0v) is 14.9. The van der Waals surface area contributed by atoms with E-state index >= 15 is 0 Å². The van der Waals surface area contributed by atoms with Crippen molar-refractivity contribution >= 4 is 5.91 Å². The maximum Gasteiger partial charge on any atom is 0.254 e. The van der Waals surface area contributed by atoms with Crippen LogP contribution < -0.4 is 5.32 Å². The fraction of sp³-hybridized carbons (Fsp3) is 0.238. The van der Waals surface area contributed by atoms with Gasteiger partial charge in [-0.1, -0.05) is 49.4 Å². The molecular weight excluding hydrogens is 326 g/mol. The summed E-state index contributed by atoms with van der Waals surface area (Å²) in [5, 5.41) is 16.4. The quantitative estimate of drug-likeness (QED) is 0.689. The Morgan fingerprint density at radius 1 is 1.08 bits per heavy atom. The summed E-state index contributed by atoms with van der Waals surface area (Å²) in [6.07, 6.45) is 3.10. The van der Waals surface area contributed by atoms with Crippen LogP contribution in [0.2, 0.25) is 0 Å². The number of carbonyl (C=O) groups is 1. The first-order chi connectivity index (χ1) is 12.7. The fourth-order valence-electron chi connectivity index (χ4n) is 2.92. The number of nitrogens with zero attached hydrogens (tertiary/aromatic N) is 2. The van der Waals surface area contributed by atoms with Gasteiger partial charge in [0.25, 0.3) is 5.91 Å². The van der Waals surface area contributed by atoms with E-state index in [0.717, 1.165) is 35.3 Å². The molecule has 0 bridgehead atoms. The SMILES string of the molecule is CCc1c(C(=O)NCCc2ccc(CO)cc2)cnn1-c1ccccc1. The van der Waals surface area contributed by atoms with Crippen molar-refractivity contribution in [3.8, 4) is 5.69 Å². The molecule has 0 fully saturated rings. The van der Waals surface area contributed by atoms with Crippen molar-refractivity contribution in [2.75, 3.05) is 6.54 Å². The molecular formula is C21H23N3O2. The molecule has 5 nitrogen and oxygen atoms in total. The van der Waals surface area contributed by atoms with Gasteiger partial charge in [-0.05, 0) is 36.1 Å². The summed E-state index contributed by atoms with van der Waals surface area (Å²) in [5.74, 6) is -0.101. The van der Waals surface area contributed by atoms with Crippen molar-refractivity contribution in [2.24, 2.45) is 0 Å². The number of amides is 1. The van der Waals surface area contributed by atoms with Crippen molar-refractivity contribution in [2.45, 2.75) is 26.4 Å². The molecule has 0 atom stereocenters. The molecule has 1 aromatic heterocycles. The molecule has 0 saturated carbocycles. The number of nitrogens with one attached hydrogen (secondary N) is 1. The molecule has 1 amide bonds. The van der Waals surface area contributed by atoms with Gasteiger partial charge in [-0.15, -0.1) is 0 Å². The van der Waals surface area contributed by atoms with Gasteiger partial charge in [-0.25, -0.2) is 4.68 Å². The minimum Gasteiger partial charge on any atom is -0.392 e. The summed E-state index contributed by atoms with van der Waals surface area (Å²) in [5.41, 5.74) is 4.48. The van der Waals surface area contributed by atoms with Crippen molar-refractivity contribution in [1.29, 1.82) is 0 Å². The molecule has 2 N–H and O–H groups in total. The van der Waals surface area contributed by atoms with Crippen LogP contribution in [0.1, 0.15) is 34.1 Å². The predicted octanol–water partition coefficient (Wildman–Crippen LogP) is 2.90. The molecule has 3 rings (SSSR count). The molecule has 3 aromatic rings. The van der Waals surface area contributed by atoms with E-state index < -0.39 is 0 Å². The maximum atomic E-state index is 12.6. The second-order valence-corrected chi connectivity index (χ2v) is 6.09. The van der Waals surface area contributed by atoms with Crippen LogP contribution in [0.3, 0.4) is 0 Å². The Morgan fingerprint density at radius 3 is 2.42 bits per heavy atom. The van der Waals surface area contributed by atoms with Crippen LogP contribution in [0.15, 0.2) is 60.8 Å². The number of rotatable bonds is 7. The molecule has 0 unspecified atom stereocenters. The predicted molar refractivity (Wildman–Crippen MR) is 101 cm³/mol. The van der Waals surface area contributed by atoms with Gasteiger partial charge in [-0.3, -0.25) is 4.79 Å². The number of hydrogen-bond acceptors (Lipinski definition) is 3. The summed E-state index contributed by atoms with van der Waals surface area (Å²) in [4.78, 5) is 12.6. The summed E-state index contributed by atoms with van der Waals surface area (Å²) < 4.78 is 1.82. The molecule has 0 spiro atoms. The first-order valence-electron chi connectivity index (χ1n) is 8.82. The Labute approximate surface area is 153 Å². The highest BCUT2D eigenvalue weighted by atomic mass is 16.3. The number of hydrogen-bond donors (Lipinski definition) is 2. The molecule has 0 saturated heterocycles. The number of carbonyl (C=O) groups excluding carboxylic acids is 1. The van der Waals surface area contributed by atoms with Crippen LogP contribution in [-0.2, 0) is 19.4 Å². The number of aliphatic hydroxyl groups is 1. The summed E-state index contributed by atoms with van der Waals surface area (Å²) in [7, 11) is 0. The van der Waals surface area contributed by atoms with E-state index in [-0.39, 0.29) is 12.5 Å². The van der Waals surface area contributed by atoms with Crippen LogP contribution in [0.25, 0.3) is 5.69 Å². The zero-order valence-electron chi connectivity index (χ0n) is 14.9. The molecule has 0 aliphatic carbocycles. The Bertz CT molecular complexity index is 855. The Kier molecular flexibility index (Phi) is 5.81. The molecule has 0 aliphatic heterocycles. The van der Waals surface area contributed by atoms with E-state index in [4.69, 9.17) is 5.11 Å². The maximum absolute atomic E-state index is 12.6. The highest BCUT2D eigenvalue weighted by Crippen LogP contribution is 2.15. The van der Waals surface area contributed by atoms with Crippen LogP contribution in [0.4, 0.5) is 0 Å². The molecule has 2 aromatic carbocycles. The molecule has 1 heterocycles. The van der Waals surface area contributed by atoms with Crippen molar-refractivity contribution in [3.63, 3.8) is 0 Å². The van der Waals surface area contributed by atoms with Crippen LogP contribution >= 0.6 is 0 Å². The lowest BCUT2D eigenvalue weighted by Crippen LogP contribution is -2.26. The molecule has 0 radical (unpaired) electrons. The molecule has 26 heavy (non-hydrogen) atoms. The average molecular weight is 349 g/mol. The molecule has 0 aliphatic rings. The molecule has 134 valence electrons. The number of aromatic nitrogens is 2. The monoisotopic (exact) mass is 349 g/mol. The lowest BCUT2D eigenvalue weighted by atomic mass is 10.1. The van der Waals surface area contributed by atoms with Crippen LogP contribution in [-0.4, -0.2) is 27.3 Å². The Hall–Kier alpha value is -2.92. The first kappa shape index (κ1) is 17.9. The highest BCUT2D eigenvalue weighted by Gasteiger charge is 2.16. The highest BCUT2D eigenvalue weighted by molar-refractivity contribution is 5.95. The standard InChI is InChI=1S/C21H23N3O2/c1-2-20-19(14-23-24(20)18-6-4-3-5-7-18)21(26)22-13-12-16-8-10-17(15-25)11-9-16/h3-11,14,25H,2,12-13,15H2,1H3,(H,22,26). The lowest BCUT2D eigenvalue weighted by Gasteiger charge is -2.09. The van der Waals surface area contributed by atoms with E-state index in [1.807, 2.05) is 66.2 Å². The minimum atomic E-state index is -0.101. The third-order valence-corrected chi connectivity index (χ3v) is 4.35. The Balaban J connectivity index is 1.65. The molecule has 5 heteroatoms. The smallest absolute Gasteiger partial charge is 0.254 e. The van der Waals surface area contributed by atoms with E-state index in [2.05, 4.69) is 10.4 Å². The summed E-state index contributed by atoms with van der Waals surface area (Å²) in [6.45, 7) is 2.62. The van der Waals surface area contributed by atoms with Crippen molar-refractivity contribution in [1.82, 2.24) is 15.1 Å². The second kappa shape index (κ2) is 8.45. The van der Waals surface area contributed by atoms with Gasteiger partial charge in [0, 0.05) is 6.54 Å². The third kappa shape index (κ3) is 4.00. The van der Waals surface area contributed by atoms with Gasteiger partial charge in [0.1, 0.15) is 0 Å². The van der Waals surface area contributed by atoms with Crippen molar-refractivity contribution in [3.05, 3.63) is 83.2 Å². The van der Waals surface area contributed by atoms with Crippen LogP contribution in [0, 0.1) is 0 Å². The van der Waals surface area contributed by atoms with Gasteiger partial charge < -0.3 is 10.4 Å². The normalized spacial score (nSPS) is 10.7. The number of para-hydroxylation sites is 1. The third-order valence-electron chi connectivity index (χ3n) is 4.35.